The molecule has 0 atom stereocenters. The van der Waals surface area contributed by atoms with Gasteiger partial charge in [-0.3, -0.25) is 4.79 Å². The van der Waals surface area contributed by atoms with Gasteiger partial charge in [0.25, 0.3) is 0 Å². The molecule has 1 heterocycles. The summed E-state index contributed by atoms with van der Waals surface area (Å²) in [4.78, 5) is 20.4. The van der Waals surface area contributed by atoms with Crippen LogP contribution in [0.4, 0.5) is 5.69 Å². The number of aromatic nitrogens is 2. The van der Waals surface area contributed by atoms with Gasteiger partial charge in [-0.15, -0.1) is 6.58 Å². The fourth-order valence-corrected chi connectivity index (χ4v) is 4.61. The van der Waals surface area contributed by atoms with E-state index in [2.05, 4.69) is 17.2 Å². The molecule has 1 fully saturated rings. The van der Waals surface area contributed by atoms with Gasteiger partial charge in [-0.25, -0.2) is 4.98 Å². The topological polar surface area (TPSA) is 87.9 Å². The highest BCUT2D eigenvalue weighted by molar-refractivity contribution is 6.31. The first-order chi connectivity index (χ1) is 15.5. The van der Waals surface area contributed by atoms with Crippen molar-refractivity contribution in [3.8, 4) is 6.07 Å². The van der Waals surface area contributed by atoms with E-state index < -0.39 is 5.41 Å². The first-order valence-corrected chi connectivity index (χ1v) is 11.1. The molecule has 2 aromatic carbocycles. The summed E-state index contributed by atoms with van der Waals surface area (Å²) in [6.07, 6.45) is 4.07. The van der Waals surface area contributed by atoms with Crippen molar-refractivity contribution >= 4 is 34.2 Å². The fraction of sp³-hybridized carbons (Fsp3) is 0.320. The molecule has 1 aliphatic rings. The van der Waals surface area contributed by atoms with Crippen LogP contribution < -0.4 is 10.6 Å². The maximum Gasteiger partial charge on any atom is 0.237 e. The van der Waals surface area contributed by atoms with E-state index >= 15 is 0 Å². The van der Waals surface area contributed by atoms with Crippen LogP contribution in [0.25, 0.3) is 11.0 Å². The lowest BCUT2D eigenvalue weighted by Crippen LogP contribution is -2.55. The molecular formula is C25H26ClN5O. The fourth-order valence-electron chi connectivity index (χ4n) is 4.44. The lowest BCUT2D eigenvalue weighted by Gasteiger charge is -2.45. The molecular weight excluding hydrogens is 422 g/mol. The van der Waals surface area contributed by atoms with Crippen LogP contribution in [0, 0.1) is 16.7 Å². The van der Waals surface area contributed by atoms with E-state index in [1.54, 1.807) is 11.0 Å². The van der Waals surface area contributed by atoms with E-state index in [-0.39, 0.29) is 11.9 Å². The Morgan fingerprint density at radius 2 is 2.09 bits per heavy atom. The van der Waals surface area contributed by atoms with Gasteiger partial charge in [-0.1, -0.05) is 35.9 Å². The van der Waals surface area contributed by atoms with Crippen LogP contribution >= 0.6 is 11.6 Å². The van der Waals surface area contributed by atoms with E-state index in [4.69, 9.17) is 27.6 Å². The molecule has 32 heavy (non-hydrogen) atoms. The molecule has 0 unspecified atom stereocenters. The normalized spacial score (nSPS) is 19.8. The lowest BCUT2D eigenvalue weighted by molar-refractivity contribution is -0.130. The molecule has 0 bridgehead atoms. The molecule has 0 aliphatic heterocycles. The number of amides is 1. The van der Waals surface area contributed by atoms with Gasteiger partial charge in [-0.05, 0) is 49.6 Å². The number of nitrogens with two attached hydrogens (primary N) is 1. The van der Waals surface area contributed by atoms with Gasteiger partial charge in [-0.2, -0.15) is 5.26 Å². The van der Waals surface area contributed by atoms with Crippen LogP contribution in [-0.4, -0.2) is 21.5 Å². The summed E-state index contributed by atoms with van der Waals surface area (Å²) in [7, 11) is 0. The van der Waals surface area contributed by atoms with Crippen molar-refractivity contribution in [1.82, 2.24) is 9.55 Å². The van der Waals surface area contributed by atoms with E-state index in [1.807, 2.05) is 48.5 Å². The zero-order valence-electron chi connectivity index (χ0n) is 17.9. The van der Waals surface area contributed by atoms with Crippen molar-refractivity contribution in [2.24, 2.45) is 11.1 Å². The number of carbonyl (C=O) groups excluding carboxylic acids is 1. The third-order valence-electron chi connectivity index (χ3n) is 6.14. The summed E-state index contributed by atoms with van der Waals surface area (Å²) in [6, 6.07) is 17.4. The summed E-state index contributed by atoms with van der Waals surface area (Å²) in [5.74, 6) is 0.731. The van der Waals surface area contributed by atoms with Gasteiger partial charge < -0.3 is 15.2 Å². The summed E-state index contributed by atoms with van der Waals surface area (Å²) in [5, 5.41) is 9.59. The highest BCUT2D eigenvalue weighted by Crippen LogP contribution is 2.44. The standard InChI is InChI=1S/C25H26ClN5O/c1-2-25(15-19(28)16-25)24(32)31(20-8-4-3-5-9-20)17-23-29-21-14-18(26)10-11-22(21)30(23)13-7-6-12-27/h2-5,8-11,14,19H,1,6-7,13,15-17,28H2/t19-,25+. The van der Waals surface area contributed by atoms with E-state index in [9.17, 15) is 4.79 Å². The molecule has 2 N–H and O–H groups in total. The minimum atomic E-state index is -0.657. The first-order valence-electron chi connectivity index (χ1n) is 10.8. The summed E-state index contributed by atoms with van der Waals surface area (Å²) in [6.45, 7) is 4.87. The summed E-state index contributed by atoms with van der Waals surface area (Å²) >= 11 is 6.20. The molecule has 1 saturated carbocycles. The number of aryl methyl sites for hydroxylation is 1. The zero-order chi connectivity index (χ0) is 22.7. The third kappa shape index (κ3) is 4.14. The van der Waals surface area contributed by atoms with Crippen LogP contribution in [0.5, 0.6) is 0 Å². The number of carbonyl (C=O) groups is 1. The molecule has 7 heteroatoms. The van der Waals surface area contributed by atoms with Gasteiger partial charge >= 0.3 is 0 Å². The van der Waals surface area contributed by atoms with E-state index in [0.29, 0.717) is 43.8 Å². The quantitative estimate of drug-likeness (QED) is 0.396. The van der Waals surface area contributed by atoms with Crippen molar-refractivity contribution in [3.05, 3.63) is 72.0 Å². The highest BCUT2D eigenvalue weighted by Gasteiger charge is 2.48. The number of nitrogens with zero attached hydrogens (tertiary/aromatic N) is 4. The smallest absolute Gasteiger partial charge is 0.237 e. The van der Waals surface area contributed by atoms with Gasteiger partial charge in [0.2, 0.25) is 5.91 Å². The maximum atomic E-state index is 13.8. The van der Waals surface area contributed by atoms with Gasteiger partial charge in [0.05, 0.1) is 29.1 Å². The number of unbranched alkanes of at least 4 members (excludes halogenated alkanes) is 1. The number of rotatable bonds is 8. The average molecular weight is 448 g/mol. The molecule has 164 valence electrons. The molecule has 4 rings (SSSR count). The van der Waals surface area contributed by atoms with Crippen molar-refractivity contribution in [2.75, 3.05) is 4.90 Å². The molecule has 1 aliphatic carbocycles. The number of benzene rings is 2. The van der Waals surface area contributed by atoms with Crippen molar-refractivity contribution in [2.45, 2.75) is 44.8 Å². The second-order valence-electron chi connectivity index (χ2n) is 8.33. The predicted octanol–water partition coefficient (Wildman–Crippen LogP) is 4.82. The van der Waals surface area contributed by atoms with E-state index in [1.165, 1.54) is 0 Å². The van der Waals surface area contributed by atoms with Crippen LogP contribution in [0.2, 0.25) is 5.02 Å². The minimum absolute atomic E-state index is 0.00673. The zero-order valence-corrected chi connectivity index (χ0v) is 18.6. The maximum absolute atomic E-state index is 13.8. The first kappa shape index (κ1) is 22.1. The minimum Gasteiger partial charge on any atom is -0.328 e. The molecule has 1 amide bonds. The Kier molecular flexibility index (Phi) is 6.31. The molecule has 0 radical (unpaired) electrons. The molecule has 1 aromatic heterocycles. The Bertz CT molecular complexity index is 1170. The number of nitriles is 1. The number of imidazole rings is 1. The second-order valence-corrected chi connectivity index (χ2v) is 8.77. The SMILES string of the molecule is C=C[C@]1(C(=O)N(Cc2nc3cc(Cl)ccc3n2CCCC#N)c2ccccc2)C[C@@H](N)C1. The lowest BCUT2D eigenvalue weighted by atomic mass is 9.65. The van der Waals surface area contributed by atoms with Crippen molar-refractivity contribution < 1.29 is 4.79 Å². The van der Waals surface area contributed by atoms with Crippen LogP contribution in [0.1, 0.15) is 31.5 Å². The Morgan fingerprint density at radius 1 is 1.34 bits per heavy atom. The number of hydrogen-bond acceptors (Lipinski definition) is 4. The molecule has 0 saturated heterocycles. The van der Waals surface area contributed by atoms with Crippen LogP contribution in [0.15, 0.2) is 61.2 Å². The Labute approximate surface area is 192 Å². The van der Waals surface area contributed by atoms with Crippen molar-refractivity contribution in [1.29, 1.82) is 5.26 Å². The predicted molar refractivity (Wildman–Crippen MR) is 127 cm³/mol. The molecule has 6 nitrogen and oxygen atoms in total. The Hall–Kier alpha value is -3.14. The largest absolute Gasteiger partial charge is 0.328 e. The monoisotopic (exact) mass is 447 g/mol. The Balaban J connectivity index is 1.75. The third-order valence-corrected chi connectivity index (χ3v) is 6.38. The van der Waals surface area contributed by atoms with E-state index in [0.717, 1.165) is 22.5 Å². The number of para-hydroxylation sites is 1. The number of hydrogen-bond donors (Lipinski definition) is 1. The second kappa shape index (κ2) is 9.15. The van der Waals surface area contributed by atoms with Crippen LogP contribution in [-0.2, 0) is 17.9 Å². The number of fused-ring (bicyclic) bond motifs is 1. The number of anilines is 1. The molecule has 0 spiro atoms. The van der Waals surface area contributed by atoms with Gasteiger partial charge in [0, 0.05) is 29.7 Å². The van der Waals surface area contributed by atoms with Crippen LogP contribution in [0.3, 0.4) is 0 Å². The average Bonchev–Trinajstić information content (AvgIpc) is 3.11. The molecule has 3 aromatic rings. The van der Waals surface area contributed by atoms with Gasteiger partial charge in [0.15, 0.2) is 0 Å². The summed E-state index contributed by atoms with van der Waals surface area (Å²) in [5.41, 5.74) is 7.89. The Morgan fingerprint density at radius 3 is 2.75 bits per heavy atom. The number of halogens is 1. The van der Waals surface area contributed by atoms with Gasteiger partial charge in [0.1, 0.15) is 5.82 Å². The van der Waals surface area contributed by atoms with Crippen molar-refractivity contribution in [3.63, 3.8) is 0 Å². The highest BCUT2D eigenvalue weighted by atomic mass is 35.5. The summed E-state index contributed by atoms with van der Waals surface area (Å²) < 4.78 is 2.08.